The highest BCUT2D eigenvalue weighted by Gasteiger charge is 2.38. The maximum atomic E-state index is 12.6. The Morgan fingerprint density at radius 3 is 2.42 bits per heavy atom. The summed E-state index contributed by atoms with van der Waals surface area (Å²) in [5.74, 6) is -1.64. The van der Waals surface area contributed by atoms with E-state index in [1.165, 1.54) is 0 Å². The molecule has 1 N–H and O–H groups in total. The first-order valence-corrected chi connectivity index (χ1v) is 4.48. The maximum Gasteiger partial charge on any atom is 0.574 e. The lowest BCUT2D eigenvalue weighted by Gasteiger charge is -2.11. The standard InChI is InChI=1S/C8H5F5N2O4/c9-6(10)4-1-3(2-16)14-7(5(4)15(17)18)19-8(11,12)13/h1,6,16H,2H2. The summed E-state index contributed by atoms with van der Waals surface area (Å²) in [7, 11) is 0. The van der Waals surface area contributed by atoms with Gasteiger partial charge < -0.3 is 9.84 Å². The summed E-state index contributed by atoms with van der Waals surface area (Å²) in [4.78, 5) is 12.1. The van der Waals surface area contributed by atoms with Crippen LogP contribution in [0.1, 0.15) is 17.7 Å². The highest BCUT2D eigenvalue weighted by molar-refractivity contribution is 5.50. The molecule has 0 saturated carbocycles. The predicted molar refractivity (Wildman–Crippen MR) is 48.5 cm³/mol. The normalized spacial score (nSPS) is 11.7. The van der Waals surface area contributed by atoms with Crippen LogP contribution < -0.4 is 4.74 Å². The van der Waals surface area contributed by atoms with Crippen molar-refractivity contribution in [1.82, 2.24) is 4.98 Å². The molecule has 19 heavy (non-hydrogen) atoms. The van der Waals surface area contributed by atoms with E-state index in [2.05, 4.69) is 9.72 Å². The Balaban J connectivity index is 3.48. The number of ether oxygens (including phenoxy) is 1. The zero-order valence-electron chi connectivity index (χ0n) is 8.82. The first-order chi connectivity index (χ1) is 8.65. The maximum absolute atomic E-state index is 12.6. The second-order valence-electron chi connectivity index (χ2n) is 3.12. The number of aliphatic hydroxyl groups is 1. The summed E-state index contributed by atoms with van der Waals surface area (Å²) in [6.45, 7) is -0.980. The molecule has 0 aliphatic carbocycles. The van der Waals surface area contributed by atoms with Crippen molar-refractivity contribution in [3.63, 3.8) is 0 Å². The molecule has 1 aromatic rings. The van der Waals surface area contributed by atoms with E-state index in [9.17, 15) is 32.1 Å². The van der Waals surface area contributed by atoms with Gasteiger partial charge in [0.15, 0.2) is 0 Å². The van der Waals surface area contributed by atoms with Crippen LogP contribution >= 0.6 is 0 Å². The van der Waals surface area contributed by atoms with Crippen molar-refractivity contribution in [2.24, 2.45) is 0 Å². The van der Waals surface area contributed by atoms with Crippen LogP contribution in [0.25, 0.3) is 0 Å². The molecular weight excluding hydrogens is 283 g/mol. The molecule has 11 heteroatoms. The fraction of sp³-hybridized carbons (Fsp3) is 0.375. The van der Waals surface area contributed by atoms with Gasteiger partial charge in [0.25, 0.3) is 6.43 Å². The van der Waals surface area contributed by atoms with E-state index in [0.717, 1.165) is 0 Å². The molecule has 0 bridgehead atoms. The zero-order chi connectivity index (χ0) is 14.8. The summed E-state index contributed by atoms with van der Waals surface area (Å²) < 4.78 is 64.4. The Morgan fingerprint density at radius 1 is 1.47 bits per heavy atom. The molecule has 6 nitrogen and oxygen atoms in total. The lowest BCUT2D eigenvalue weighted by atomic mass is 10.2. The van der Waals surface area contributed by atoms with Crippen LogP contribution in [0.15, 0.2) is 6.07 Å². The molecule has 1 rings (SSSR count). The number of aliphatic hydroxyl groups excluding tert-OH is 1. The van der Waals surface area contributed by atoms with Gasteiger partial charge >= 0.3 is 17.9 Å². The van der Waals surface area contributed by atoms with Crippen molar-refractivity contribution in [3.8, 4) is 5.88 Å². The predicted octanol–water partition coefficient (Wildman–Crippen LogP) is 2.32. The van der Waals surface area contributed by atoms with Crippen LogP contribution in [0.5, 0.6) is 5.88 Å². The SMILES string of the molecule is O=[N+]([O-])c1c(C(F)F)cc(CO)nc1OC(F)(F)F. The minimum absolute atomic E-state index is 0.437. The number of pyridine rings is 1. The van der Waals surface area contributed by atoms with Crippen molar-refractivity contribution < 1.29 is 36.7 Å². The zero-order valence-corrected chi connectivity index (χ0v) is 8.82. The lowest BCUT2D eigenvalue weighted by molar-refractivity contribution is -0.390. The van der Waals surface area contributed by atoms with Crippen molar-refractivity contribution in [1.29, 1.82) is 0 Å². The Labute approximate surface area is 101 Å². The summed E-state index contributed by atoms with van der Waals surface area (Å²) in [6.07, 6.45) is -8.77. The summed E-state index contributed by atoms with van der Waals surface area (Å²) in [5.41, 5.74) is -3.52. The first kappa shape index (κ1) is 15.0. The van der Waals surface area contributed by atoms with Gasteiger partial charge in [0.05, 0.1) is 17.2 Å². The monoisotopic (exact) mass is 288 g/mol. The number of rotatable bonds is 4. The van der Waals surface area contributed by atoms with Crippen LogP contribution in [0, 0.1) is 10.1 Å². The molecule has 0 aromatic carbocycles. The average Bonchev–Trinajstić information content (AvgIpc) is 2.24. The van der Waals surface area contributed by atoms with Crippen LogP contribution in [-0.4, -0.2) is 21.4 Å². The second kappa shape index (κ2) is 5.30. The number of alkyl halides is 5. The lowest BCUT2D eigenvalue weighted by Crippen LogP contribution is -2.20. The third-order valence-electron chi connectivity index (χ3n) is 1.84. The molecule has 0 spiro atoms. The molecule has 0 radical (unpaired) electrons. The fourth-order valence-corrected chi connectivity index (χ4v) is 1.20. The Hall–Kier alpha value is -2.04. The average molecular weight is 288 g/mol. The van der Waals surface area contributed by atoms with Crippen molar-refractivity contribution >= 4 is 5.69 Å². The minimum atomic E-state index is -5.34. The van der Waals surface area contributed by atoms with Gasteiger partial charge in [-0.15, -0.1) is 13.2 Å². The largest absolute Gasteiger partial charge is 0.574 e. The molecule has 0 amide bonds. The summed E-state index contributed by atoms with van der Waals surface area (Å²) in [5, 5.41) is 19.2. The van der Waals surface area contributed by atoms with Gasteiger partial charge in [0.1, 0.15) is 5.56 Å². The fourth-order valence-electron chi connectivity index (χ4n) is 1.20. The highest BCUT2D eigenvalue weighted by Crippen LogP contribution is 2.38. The van der Waals surface area contributed by atoms with Gasteiger partial charge in [-0.05, 0) is 6.07 Å². The topological polar surface area (TPSA) is 85.5 Å². The molecule has 0 saturated heterocycles. The van der Waals surface area contributed by atoms with E-state index < -0.39 is 47.1 Å². The number of aromatic nitrogens is 1. The van der Waals surface area contributed by atoms with E-state index in [-0.39, 0.29) is 0 Å². The van der Waals surface area contributed by atoms with Crippen LogP contribution in [0.4, 0.5) is 27.6 Å². The highest BCUT2D eigenvalue weighted by atomic mass is 19.4. The van der Waals surface area contributed by atoms with Crippen LogP contribution in [0.3, 0.4) is 0 Å². The van der Waals surface area contributed by atoms with Gasteiger partial charge in [-0.25, -0.2) is 13.8 Å². The number of nitrogens with zero attached hydrogens (tertiary/aromatic N) is 2. The third kappa shape index (κ3) is 3.71. The quantitative estimate of drug-likeness (QED) is 0.522. The Kier molecular flexibility index (Phi) is 4.19. The molecule has 0 unspecified atom stereocenters. The molecule has 1 heterocycles. The van der Waals surface area contributed by atoms with E-state index in [0.29, 0.717) is 6.07 Å². The van der Waals surface area contributed by atoms with E-state index in [1.807, 2.05) is 0 Å². The first-order valence-electron chi connectivity index (χ1n) is 4.48. The van der Waals surface area contributed by atoms with Crippen LogP contribution in [0.2, 0.25) is 0 Å². The van der Waals surface area contributed by atoms with Gasteiger partial charge in [0, 0.05) is 0 Å². The molecule has 0 fully saturated rings. The number of hydrogen-bond donors (Lipinski definition) is 1. The van der Waals surface area contributed by atoms with Crippen LogP contribution in [-0.2, 0) is 6.61 Å². The molecule has 0 atom stereocenters. The van der Waals surface area contributed by atoms with Crippen molar-refractivity contribution in [2.45, 2.75) is 19.4 Å². The van der Waals surface area contributed by atoms with Gasteiger partial charge in [-0.1, -0.05) is 0 Å². The molecule has 1 aromatic heterocycles. The van der Waals surface area contributed by atoms with Gasteiger partial charge in [-0.2, -0.15) is 0 Å². The molecule has 0 aliphatic heterocycles. The number of hydrogen-bond acceptors (Lipinski definition) is 5. The van der Waals surface area contributed by atoms with Gasteiger partial charge in [0.2, 0.25) is 0 Å². The smallest absolute Gasteiger partial charge is 0.390 e. The van der Waals surface area contributed by atoms with Crippen molar-refractivity contribution in [3.05, 3.63) is 27.4 Å². The number of halogens is 5. The molecule has 106 valence electrons. The van der Waals surface area contributed by atoms with E-state index in [1.54, 1.807) is 0 Å². The van der Waals surface area contributed by atoms with E-state index in [4.69, 9.17) is 5.11 Å². The van der Waals surface area contributed by atoms with Crippen molar-refractivity contribution in [2.75, 3.05) is 0 Å². The minimum Gasteiger partial charge on any atom is -0.390 e. The number of nitro groups is 1. The van der Waals surface area contributed by atoms with Gasteiger partial charge in [-0.3, -0.25) is 10.1 Å². The third-order valence-corrected chi connectivity index (χ3v) is 1.84. The molecule has 0 aliphatic rings. The Bertz CT molecular complexity index is 491. The second-order valence-corrected chi connectivity index (χ2v) is 3.12. The Morgan fingerprint density at radius 2 is 2.05 bits per heavy atom. The van der Waals surface area contributed by atoms with E-state index >= 15 is 0 Å². The summed E-state index contributed by atoms with van der Waals surface area (Å²) in [6, 6.07) is 0.437. The molecular formula is C8H5F5N2O4. The summed E-state index contributed by atoms with van der Waals surface area (Å²) >= 11 is 0.